The van der Waals surface area contributed by atoms with E-state index in [4.69, 9.17) is 4.74 Å². The highest BCUT2D eigenvalue weighted by Gasteiger charge is 2.28. The summed E-state index contributed by atoms with van der Waals surface area (Å²) in [5, 5.41) is 3.29. The molecule has 0 bridgehead atoms. The molecule has 0 aromatic heterocycles. The molecule has 0 aliphatic carbocycles. The van der Waals surface area contributed by atoms with Crippen molar-refractivity contribution in [1.82, 2.24) is 4.90 Å². The number of rotatable bonds is 2. The molecule has 1 fully saturated rings. The molecule has 0 radical (unpaired) electrons. The molecule has 1 N–H and O–H groups in total. The second-order valence-corrected chi connectivity index (χ2v) is 5.64. The van der Waals surface area contributed by atoms with Gasteiger partial charge in [-0.1, -0.05) is 0 Å². The number of methoxy groups -OCH3 is 1. The zero-order valence-corrected chi connectivity index (χ0v) is 13.4. The third-order valence-corrected chi connectivity index (χ3v) is 4.38. The number of carbonyl (C=O) groups is 2. The third-order valence-electron chi connectivity index (χ3n) is 4.38. The van der Waals surface area contributed by atoms with Gasteiger partial charge in [-0.3, -0.25) is 9.59 Å². The lowest BCUT2D eigenvalue weighted by molar-refractivity contribution is -0.146. The number of carbonyl (C=O) groups excluding carboxylic acids is 2. The molecule has 2 aliphatic rings. The standard InChI is InChI=1S/C16H20N2O3.ClH/c1-21-16(20)11-5-8-18(9-6-11)15(19)13-2-3-14-12(10-13)4-7-17-14;/h2-3,10-11,17H,4-9H2,1H3;1H. The number of hydrogen-bond donors (Lipinski definition) is 1. The van der Waals surface area contributed by atoms with Crippen molar-refractivity contribution in [1.29, 1.82) is 0 Å². The topological polar surface area (TPSA) is 58.6 Å². The average molecular weight is 325 g/mol. The third kappa shape index (κ3) is 3.19. The van der Waals surface area contributed by atoms with E-state index in [1.807, 2.05) is 23.1 Å². The van der Waals surface area contributed by atoms with Crippen LogP contribution in [0.4, 0.5) is 5.69 Å². The Morgan fingerprint density at radius 3 is 2.68 bits per heavy atom. The molecule has 3 rings (SSSR count). The van der Waals surface area contributed by atoms with E-state index in [2.05, 4.69) is 5.32 Å². The second-order valence-electron chi connectivity index (χ2n) is 5.64. The molecule has 1 amide bonds. The van der Waals surface area contributed by atoms with Gasteiger partial charge in [0.2, 0.25) is 0 Å². The number of likely N-dealkylation sites (tertiary alicyclic amines) is 1. The van der Waals surface area contributed by atoms with Crippen LogP contribution in [0.5, 0.6) is 0 Å². The van der Waals surface area contributed by atoms with E-state index >= 15 is 0 Å². The fourth-order valence-electron chi connectivity index (χ4n) is 3.11. The van der Waals surface area contributed by atoms with Crippen molar-refractivity contribution in [3.63, 3.8) is 0 Å². The Balaban J connectivity index is 0.00000176. The van der Waals surface area contributed by atoms with Crippen LogP contribution in [0.25, 0.3) is 0 Å². The molecule has 2 heterocycles. The van der Waals surface area contributed by atoms with Crippen molar-refractivity contribution in [3.8, 4) is 0 Å². The van der Waals surface area contributed by atoms with Gasteiger partial charge in [-0.25, -0.2) is 0 Å². The van der Waals surface area contributed by atoms with Crippen LogP contribution in [-0.2, 0) is 16.0 Å². The number of esters is 1. The Kier molecular flexibility index (Phi) is 5.29. The van der Waals surface area contributed by atoms with Crippen molar-refractivity contribution < 1.29 is 14.3 Å². The van der Waals surface area contributed by atoms with Crippen molar-refractivity contribution in [2.24, 2.45) is 5.92 Å². The molecule has 0 unspecified atom stereocenters. The van der Waals surface area contributed by atoms with Crippen LogP contribution < -0.4 is 5.32 Å². The van der Waals surface area contributed by atoms with Gasteiger partial charge in [-0.15, -0.1) is 12.4 Å². The fourth-order valence-corrected chi connectivity index (χ4v) is 3.11. The summed E-state index contributed by atoms with van der Waals surface area (Å²) in [4.78, 5) is 25.9. The second kappa shape index (κ2) is 7.01. The summed E-state index contributed by atoms with van der Waals surface area (Å²) < 4.78 is 4.77. The van der Waals surface area contributed by atoms with Gasteiger partial charge >= 0.3 is 5.97 Å². The first-order chi connectivity index (χ1) is 10.2. The van der Waals surface area contributed by atoms with Crippen LogP contribution in [-0.4, -0.2) is 43.5 Å². The van der Waals surface area contributed by atoms with Crippen molar-refractivity contribution in [2.75, 3.05) is 32.1 Å². The molecule has 1 aromatic rings. The number of anilines is 1. The molecule has 1 saturated heterocycles. The van der Waals surface area contributed by atoms with Crippen molar-refractivity contribution in [3.05, 3.63) is 29.3 Å². The first-order valence-corrected chi connectivity index (χ1v) is 7.43. The highest BCUT2D eigenvalue weighted by molar-refractivity contribution is 5.95. The lowest BCUT2D eigenvalue weighted by Crippen LogP contribution is -2.40. The number of benzene rings is 1. The first kappa shape index (κ1) is 16.6. The molecule has 0 saturated carbocycles. The summed E-state index contributed by atoms with van der Waals surface area (Å²) in [6.07, 6.45) is 2.34. The Hall–Kier alpha value is -1.75. The molecular formula is C16H21ClN2O3. The van der Waals surface area contributed by atoms with E-state index < -0.39 is 0 Å². The first-order valence-electron chi connectivity index (χ1n) is 7.43. The molecular weight excluding hydrogens is 304 g/mol. The van der Waals surface area contributed by atoms with Crippen LogP contribution >= 0.6 is 12.4 Å². The number of halogens is 1. The van der Waals surface area contributed by atoms with E-state index in [-0.39, 0.29) is 30.2 Å². The van der Waals surface area contributed by atoms with Gasteiger partial charge in [-0.05, 0) is 43.0 Å². The summed E-state index contributed by atoms with van der Waals surface area (Å²) in [5.41, 5.74) is 3.09. The number of fused-ring (bicyclic) bond motifs is 1. The summed E-state index contributed by atoms with van der Waals surface area (Å²) in [6.45, 7) is 2.18. The minimum atomic E-state index is -0.161. The fraction of sp³-hybridized carbons (Fsp3) is 0.500. The number of nitrogens with zero attached hydrogens (tertiary/aromatic N) is 1. The monoisotopic (exact) mass is 324 g/mol. The normalized spacial score (nSPS) is 17.2. The van der Waals surface area contributed by atoms with E-state index in [0.29, 0.717) is 25.9 Å². The van der Waals surface area contributed by atoms with Gasteiger partial charge < -0.3 is 15.0 Å². The number of ether oxygens (including phenoxy) is 1. The van der Waals surface area contributed by atoms with E-state index in [9.17, 15) is 9.59 Å². The summed E-state index contributed by atoms with van der Waals surface area (Å²) in [6, 6.07) is 5.85. The van der Waals surface area contributed by atoms with E-state index in [0.717, 1.165) is 24.2 Å². The molecule has 6 heteroatoms. The molecule has 0 atom stereocenters. The van der Waals surface area contributed by atoms with Gasteiger partial charge in [0.25, 0.3) is 5.91 Å². The lowest BCUT2D eigenvalue weighted by Gasteiger charge is -2.30. The molecule has 0 spiro atoms. The Bertz CT molecular complexity index is 569. The van der Waals surface area contributed by atoms with Gasteiger partial charge in [-0.2, -0.15) is 0 Å². The Labute approximate surface area is 136 Å². The molecule has 5 nitrogen and oxygen atoms in total. The van der Waals surface area contributed by atoms with Crippen molar-refractivity contribution >= 4 is 30.0 Å². The average Bonchev–Trinajstić information content (AvgIpc) is 3.01. The predicted octanol–water partition coefficient (Wildman–Crippen LogP) is 2.10. The summed E-state index contributed by atoms with van der Waals surface area (Å²) >= 11 is 0. The highest BCUT2D eigenvalue weighted by atomic mass is 35.5. The predicted molar refractivity (Wildman–Crippen MR) is 86.5 cm³/mol. The van der Waals surface area contributed by atoms with Gasteiger partial charge in [0.15, 0.2) is 0 Å². The van der Waals surface area contributed by atoms with Crippen LogP contribution in [0.3, 0.4) is 0 Å². The molecule has 2 aliphatic heterocycles. The molecule has 1 aromatic carbocycles. The minimum Gasteiger partial charge on any atom is -0.469 e. The Morgan fingerprint density at radius 2 is 2.00 bits per heavy atom. The summed E-state index contributed by atoms with van der Waals surface area (Å²) in [7, 11) is 1.42. The van der Waals surface area contributed by atoms with Crippen molar-refractivity contribution in [2.45, 2.75) is 19.3 Å². The number of piperidine rings is 1. The van der Waals surface area contributed by atoms with E-state index in [1.54, 1.807) is 0 Å². The number of hydrogen-bond acceptors (Lipinski definition) is 4. The zero-order chi connectivity index (χ0) is 14.8. The van der Waals surface area contributed by atoms with Gasteiger partial charge in [0, 0.05) is 30.9 Å². The van der Waals surface area contributed by atoms with Crippen LogP contribution in [0.1, 0.15) is 28.8 Å². The highest BCUT2D eigenvalue weighted by Crippen LogP contribution is 2.25. The smallest absolute Gasteiger partial charge is 0.308 e. The van der Waals surface area contributed by atoms with Crippen LogP contribution in [0.15, 0.2) is 18.2 Å². The van der Waals surface area contributed by atoms with Crippen LogP contribution in [0, 0.1) is 5.92 Å². The number of nitrogens with one attached hydrogen (secondary N) is 1. The lowest BCUT2D eigenvalue weighted by atomic mass is 9.96. The maximum Gasteiger partial charge on any atom is 0.308 e. The quantitative estimate of drug-likeness (QED) is 0.846. The van der Waals surface area contributed by atoms with Gasteiger partial charge in [0.05, 0.1) is 13.0 Å². The largest absolute Gasteiger partial charge is 0.469 e. The zero-order valence-electron chi connectivity index (χ0n) is 12.6. The molecule has 22 heavy (non-hydrogen) atoms. The van der Waals surface area contributed by atoms with Crippen LogP contribution in [0.2, 0.25) is 0 Å². The van der Waals surface area contributed by atoms with E-state index in [1.165, 1.54) is 12.7 Å². The Morgan fingerprint density at radius 1 is 1.27 bits per heavy atom. The van der Waals surface area contributed by atoms with Gasteiger partial charge in [0.1, 0.15) is 0 Å². The maximum atomic E-state index is 12.5. The minimum absolute atomic E-state index is 0. The summed E-state index contributed by atoms with van der Waals surface area (Å²) in [5.74, 6) is -0.165. The number of amides is 1. The maximum absolute atomic E-state index is 12.5. The SMILES string of the molecule is COC(=O)C1CCN(C(=O)c2ccc3c(c2)CCN3)CC1.Cl. The molecule has 120 valence electrons.